The lowest BCUT2D eigenvalue weighted by molar-refractivity contribution is -0.0585. The second kappa shape index (κ2) is 13.5. The van der Waals surface area contributed by atoms with E-state index in [0.29, 0.717) is 64.1 Å². The Kier molecular flexibility index (Phi) is 10.7. The number of nitrogens with one attached hydrogen (secondary N) is 2. The van der Waals surface area contributed by atoms with Gasteiger partial charge < -0.3 is 25.7 Å². The Morgan fingerprint density at radius 1 is 1.20 bits per heavy atom. The van der Waals surface area contributed by atoms with Crippen LogP contribution in [0, 0.1) is 17.7 Å². The highest BCUT2D eigenvalue weighted by Gasteiger charge is 2.42. The normalized spacial score (nSPS) is 25.6. The highest BCUT2D eigenvalue weighted by Crippen LogP contribution is 2.40. The molecule has 6 nitrogen and oxygen atoms in total. The number of aliphatic hydroxyl groups excluding tert-OH is 1. The van der Waals surface area contributed by atoms with Gasteiger partial charge >= 0.3 is 6.03 Å². The number of aliphatic hydroxyl groups is 2. The van der Waals surface area contributed by atoms with Gasteiger partial charge in [0.05, 0.1) is 5.60 Å². The number of unbranched alkanes of at least 4 members (excludes halogenated alkanes) is 1. The molecule has 1 saturated carbocycles. The van der Waals surface area contributed by atoms with Crippen LogP contribution < -0.4 is 10.6 Å². The molecule has 1 aliphatic carbocycles. The largest absolute Gasteiger partial charge is 0.396 e. The van der Waals surface area contributed by atoms with Gasteiger partial charge in [0.15, 0.2) is 0 Å². The van der Waals surface area contributed by atoms with Gasteiger partial charge in [-0.05, 0) is 83.2 Å². The average molecular weight is 496 g/mol. The van der Waals surface area contributed by atoms with E-state index in [1.54, 1.807) is 23.1 Å². The maximum Gasteiger partial charge on any atom is 0.317 e. The van der Waals surface area contributed by atoms with Gasteiger partial charge in [-0.25, -0.2) is 13.6 Å². The molecule has 2 aliphatic rings. The molecule has 0 bridgehead atoms. The first-order chi connectivity index (χ1) is 16.9. The van der Waals surface area contributed by atoms with Crippen molar-refractivity contribution >= 4 is 6.03 Å². The molecule has 4 N–H and O–H groups in total. The van der Waals surface area contributed by atoms with Crippen LogP contribution in [0.4, 0.5) is 13.6 Å². The van der Waals surface area contributed by atoms with Crippen molar-refractivity contribution in [3.05, 3.63) is 35.6 Å². The summed E-state index contributed by atoms with van der Waals surface area (Å²) >= 11 is 0. The van der Waals surface area contributed by atoms with E-state index >= 15 is 0 Å². The number of urea groups is 1. The molecular weight excluding hydrogens is 452 g/mol. The van der Waals surface area contributed by atoms with Crippen molar-refractivity contribution in [2.75, 3.05) is 33.3 Å². The number of amides is 2. The van der Waals surface area contributed by atoms with E-state index in [4.69, 9.17) is 0 Å². The maximum absolute atomic E-state index is 14.8. The highest BCUT2D eigenvalue weighted by molar-refractivity contribution is 5.74. The summed E-state index contributed by atoms with van der Waals surface area (Å²) in [5.41, 5.74) is -1.14. The third-order valence-electron chi connectivity index (χ3n) is 7.86. The van der Waals surface area contributed by atoms with Gasteiger partial charge in [-0.1, -0.05) is 18.2 Å². The molecule has 3 rings (SSSR count). The summed E-state index contributed by atoms with van der Waals surface area (Å²) in [4.78, 5) is 15.0. The Balaban J connectivity index is 1.67. The van der Waals surface area contributed by atoms with Crippen molar-refractivity contribution in [2.24, 2.45) is 11.8 Å². The number of carbonyl (C=O) groups excluding carboxylic acids is 1. The number of carbonyl (C=O) groups is 1. The van der Waals surface area contributed by atoms with Crippen molar-refractivity contribution in [2.45, 2.75) is 82.0 Å². The van der Waals surface area contributed by atoms with Crippen molar-refractivity contribution in [3.8, 4) is 0 Å². The number of alkyl halides is 1. The van der Waals surface area contributed by atoms with Crippen LogP contribution in [0.1, 0.15) is 69.8 Å². The zero-order valence-corrected chi connectivity index (χ0v) is 21.0. The Morgan fingerprint density at radius 2 is 1.94 bits per heavy atom. The molecule has 1 aromatic carbocycles. The van der Waals surface area contributed by atoms with Crippen molar-refractivity contribution in [1.82, 2.24) is 15.5 Å². The van der Waals surface area contributed by atoms with E-state index < -0.39 is 17.6 Å². The summed E-state index contributed by atoms with van der Waals surface area (Å²) < 4.78 is 28.3. The molecule has 2 amide bonds. The van der Waals surface area contributed by atoms with Crippen molar-refractivity contribution in [1.29, 1.82) is 0 Å². The number of nitrogens with zero attached hydrogens (tertiary/aromatic N) is 1. The lowest BCUT2D eigenvalue weighted by Gasteiger charge is -2.43. The van der Waals surface area contributed by atoms with Gasteiger partial charge in [0, 0.05) is 43.8 Å². The van der Waals surface area contributed by atoms with Gasteiger partial charge in [-0.15, -0.1) is 0 Å². The first kappa shape index (κ1) is 27.8. The number of likely N-dealkylation sites (N-methyl/N-ethyl adjacent to an activating group) is 1. The summed E-state index contributed by atoms with van der Waals surface area (Å²) in [7, 11) is 1.86. The van der Waals surface area contributed by atoms with Gasteiger partial charge in [-0.3, -0.25) is 0 Å². The van der Waals surface area contributed by atoms with E-state index in [-0.39, 0.29) is 30.2 Å². The van der Waals surface area contributed by atoms with Gasteiger partial charge in [0.1, 0.15) is 12.0 Å². The molecule has 0 unspecified atom stereocenters. The summed E-state index contributed by atoms with van der Waals surface area (Å²) in [6, 6.07) is 6.10. The predicted octanol–water partition coefficient (Wildman–Crippen LogP) is 4.10. The summed E-state index contributed by atoms with van der Waals surface area (Å²) in [5, 5.41) is 27.3. The van der Waals surface area contributed by atoms with Crippen LogP contribution in [-0.4, -0.2) is 66.6 Å². The van der Waals surface area contributed by atoms with Crippen LogP contribution >= 0.6 is 0 Å². The number of piperidine rings is 1. The first-order valence-corrected chi connectivity index (χ1v) is 13.3. The fraction of sp³-hybridized carbons (Fsp3) is 0.741. The third-order valence-corrected chi connectivity index (χ3v) is 7.86. The second-order valence-electron chi connectivity index (χ2n) is 10.4. The zero-order valence-electron chi connectivity index (χ0n) is 21.0. The monoisotopic (exact) mass is 495 g/mol. The minimum Gasteiger partial charge on any atom is -0.396 e. The fourth-order valence-electron chi connectivity index (χ4n) is 5.89. The molecule has 198 valence electrons. The van der Waals surface area contributed by atoms with Crippen molar-refractivity contribution in [3.63, 3.8) is 0 Å². The number of hydrogen-bond acceptors (Lipinski definition) is 4. The maximum atomic E-state index is 14.8. The Bertz CT molecular complexity index is 791. The molecular formula is C27H43F2N3O3. The summed E-state index contributed by atoms with van der Waals surface area (Å²) in [5.74, 6) is -0.342. The molecule has 0 spiro atoms. The van der Waals surface area contributed by atoms with Crippen LogP contribution in [0.2, 0.25) is 0 Å². The number of halogens is 2. The molecule has 1 aliphatic heterocycles. The number of likely N-dealkylation sites (tertiary alicyclic amines) is 1. The molecule has 2 fully saturated rings. The smallest absolute Gasteiger partial charge is 0.317 e. The van der Waals surface area contributed by atoms with Crippen molar-refractivity contribution < 1.29 is 23.8 Å². The molecule has 8 heteroatoms. The average Bonchev–Trinajstić information content (AvgIpc) is 2.86. The predicted molar refractivity (Wildman–Crippen MR) is 133 cm³/mol. The van der Waals surface area contributed by atoms with E-state index in [9.17, 15) is 23.8 Å². The van der Waals surface area contributed by atoms with E-state index in [2.05, 4.69) is 10.6 Å². The molecule has 0 aromatic heterocycles. The van der Waals surface area contributed by atoms with Gasteiger partial charge in [0.2, 0.25) is 0 Å². The van der Waals surface area contributed by atoms with E-state index in [1.165, 1.54) is 6.07 Å². The lowest BCUT2D eigenvalue weighted by atomic mass is 9.74. The van der Waals surface area contributed by atoms with Crippen LogP contribution in [-0.2, 0) is 5.60 Å². The second-order valence-corrected chi connectivity index (χ2v) is 10.4. The van der Waals surface area contributed by atoms with Gasteiger partial charge in [-0.2, -0.15) is 0 Å². The molecule has 35 heavy (non-hydrogen) atoms. The van der Waals surface area contributed by atoms with Crippen LogP contribution in [0.5, 0.6) is 0 Å². The molecule has 0 radical (unpaired) electrons. The molecule has 1 heterocycles. The minimum absolute atomic E-state index is 0.0202. The van der Waals surface area contributed by atoms with Crippen LogP contribution in [0.25, 0.3) is 0 Å². The third kappa shape index (κ3) is 7.61. The SMILES string of the molecule is CNC[C@H](CC1CCC(F)CC1)NC(=O)N1CCC[C@@H]([C@@](O)(CCCCO)c2ccccc2F)C1. The van der Waals surface area contributed by atoms with Crippen LogP contribution in [0.15, 0.2) is 24.3 Å². The lowest BCUT2D eigenvalue weighted by Crippen LogP contribution is -2.54. The Hall–Kier alpha value is -1.77. The topological polar surface area (TPSA) is 84.8 Å². The molecule has 3 atom stereocenters. The summed E-state index contributed by atoms with van der Waals surface area (Å²) in [6.45, 7) is 1.59. The van der Waals surface area contributed by atoms with Crippen LogP contribution in [0.3, 0.4) is 0 Å². The minimum atomic E-state index is -1.41. The fourth-order valence-corrected chi connectivity index (χ4v) is 5.89. The number of hydrogen-bond donors (Lipinski definition) is 4. The van der Waals surface area contributed by atoms with E-state index in [0.717, 1.165) is 25.7 Å². The summed E-state index contributed by atoms with van der Waals surface area (Å²) in [6.07, 6.45) is 5.88. The highest BCUT2D eigenvalue weighted by atomic mass is 19.1. The standard InChI is InChI=1S/C27H43F2N3O3/c1-30-18-23(17-20-10-12-22(28)13-11-20)31-26(34)32-15-6-7-21(19-32)27(35,14-4-5-16-33)24-8-2-3-9-25(24)29/h2-3,8-9,20-23,30,33,35H,4-7,10-19H2,1H3,(H,31,34)/t20?,21-,22?,23+,27+/m1/s1. The quantitative estimate of drug-likeness (QED) is 0.348. The number of rotatable bonds is 11. The van der Waals surface area contributed by atoms with E-state index in [1.807, 2.05) is 7.05 Å². The Labute approximate surface area is 208 Å². The molecule has 1 saturated heterocycles. The number of benzene rings is 1. The van der Waals surface area contributed by atoms with Gasteiger partial charge in [0.25, 0.3) is 0 Å². The molecule has 1 aromatic rings. The zero-order chi connectivity index (χ0) is 25.3. The first-order valence-electron chi connectivity index (χ1n) is 13.3. The Morgan fingerprint density at radius 3 is 2.63 bits per heavy atom.